The number of nitrogens with one attached hydrogen (secondary N) is 1. The molecule has 2 heterocycles. The lowest BCUT2D eigenvalue weighted by atomic mass is 10.4. The molecule has 100 valence electrons. The Morgan fingerprint density at radius 3 is 2.84 bits per heavy atom. The molecule has 19 heavy (non-hydrogen) atoms. The minimum atomic E-state index is -0.354. The zero-order chi connectivity index (χ0) is 13.8. The third-order valence-electron chi connectivity index (χ3n) is 2.13. The minimum Gasteiger partial charge on any atom is -0.455 e. The summed E-state index contributed by atoms with van der Waals surface area (Å²) in [4.78, 5) is 28.3. The number of anilines is 1. The molecule has 0 spiro atoms. The first kappa shape index (κ1) is 13.7. The van der Waals surface area contributed by atoms with Crippen molar-refractivity contribution in [2.75, 3.05) is 5.32 Å². The molecule has 2 aromatic heterocycles. The maximum absolute atomic E-state index is 11.7. The second kappa shape index (κ2) is 5.94. The number of hydrogen-bond donors (Lipinski definition) is 1. The van der Waals surface area contributed by atoms with Crippen LogP contribution in [0.4, 0.5) is 5.13 Å². The van der Waals surface area contributed by atoms with Gasteiger partial charge in [-0.1, -0.05) is 0 Å². The predicted molar refractivity (Wildman–Crippen MR) is 74.6 cm³/mol. The van der Waals surface area contributed by atoms with E-state index >= 15 is 0 Å². The van der Waals surface area contributed by atoms with Gasteiger partial charge in [0.2, 0.25) is 5.91 Å². The Morgan fingerprint density at radius 1 is 1.42 bits per heavy atom. The normalized spacial score (nSPS) is 10.2. The molecule has 0 unspecified atom stereocenters. The molecular formula is C12H12N2O3S2. The molecule has 1 N–H and O–H groups in total. The number of thiazole rings is 1. The van der Waals surface area contributed by atoms with Crippen molar-refractivity contribution in [1.82, 2.24) is 4.98 Å². The van der Waals surface area contributed by atoms with Crippen molar-refractivity contribution in [3.05, 3.63) is 33.0 Å². The molecule has 7 heteroatoms. The quantitative estimate of drug-likeness (QED) is 0.881. The molecule has 2 aromatic rings. The molecule has 0 aliphatic carbocycles. The Kier molecular flexibility index (Phi) is 4.28. The third kappa shape index (κ3) is 3.87. The topological polar surface area (TPSA) is 68.3 Å². The Hall–Kier alpha value is -1.73. The van der Waals surface area contributed by atoms with Gasteiger partial charge in [-0.05, 0) is 19.1 Å². The van der Waals surface area contributed by atoms with Gasteiger partial charge in [-0.25, -0.2) is 9.78 Å². The van der Waals surface area contributed by atoms with Gasteiger partial charge < -0.3 is 10.1 Å². The molecule has 5 nitrogen and oxygen atoms in total. The number of esters is 1. The fourth-order valence-corrected chi connectivity index (χ4v) is 2.84. The van der Waals surface area contributed by atoms with E-state index in [2.05, 4.69) is 10.3 Å². The van der Waals surface area contributed by atoms with Gasteiger partial charge in [-0.2, -0.15) is 0 Å². The van der Waals surface area contributed by atoms with Crippen molar-refractivity contribution < 1.29 is 14.3 Å². The summed E-state index contributed by atoms with van der Waals surface area (Å²) in [6.45, 7) is 3.45. The molecule has 0 aliphatic rings. The summed E-state index contributed by atoms with van der Waals surface area (Å²) in [6, 6.07) is 3.62. The maximum atomic E-state index is 11.7. The summed E-state index contributed by atoms with van der Waals surface area (Å²) in [5.74, 6) is -0.529. The standard InChI is InChI=1S/C12H12N2O3S2/c1-7-3-4-10(19-7)11(16)17-5-9-6-18-12(14-9)13-8(2)15/h3-4,6H,5H2,1-2H3,(H,13,14,15). The average Bonchev–Trinajstić information content (AvgIpc) is 2.94. The van der Waals surface area contributed by atoms with Crippen LogP contribution in [0.2, 0.25) is 0 Å². The maximum Gasteiger partial charge on any atom is 0.348 e. The third-order valence-corrected chi connectivity index (χ3v) is 3.91. The first-order valence-corrected chi connectivity index (χ1v) is 7.20. The van der Waals surface area contributed by atoms with Crippen LogP contribution in [0.15, 0.2) is 17.5 Å². The molecule has 0 saturated heterocycles. The second-order valence-electron chi connectivity index (χ2n) is 3.81. The van der Waals surface area contributed by atoms with Crippen LogP contribution in [-0.2, 0) is 16.1 Å². The van der Waals surface area contributed by atoms with Crippen molar-refractivity contribution >= 4 is 39.7 Å². The average molecular weight is 296 g/mol. The van der Waals surface area contributed by atoms with Crippen LogP contribution < -0.4 is 5.32 Å². The second-order valence-corrected chi connectivity index (χ2v) is 5.96. The zero-order valence-corrected chi connectivity index (χ0v) is 12.1. The van der Waals surface area contributed by atoms with Crippen LogP contribution in [0.1, 0.15) is 27.2 Å². The predicted octanol–water partition coefficient (Wildman–Crippen LogP) is 2.83. The molecule has 0 fully saturated rings. The SMILES string of the molecule is CC(=O)Nc1nc(COC(=O)c2ccc(C)s2)cs1. The summed E-state index contributed by atoms with van der Waals surface area (Å²) in [6.07, 6.45) is 0. The first-order valence-electron chi connectivity index (χ1n) is 5.50. The lowest BCUT2D eigenvalue weighted by Gasteiger charge is -2.00. The summed E-state index contributed by atoms with van der Waals surface area (Å²) in [5.41, 5.74) is 0.621. The van der Waals surface area contributed by atoms with E-state index in [1.54, 1.807) is 11.4 Å². The first-order chi connectivity index (χ1) is 9.04. The van der Waals surface area contributed by atoms with Crippen molar-refractivity contribution in [2.45, 2.75) is 20.5 Å². The number of carbonyl (C=O) groups is 2. The van der Waals surface area contributed by atoms with Gasteiger partial charge in [-0.15, -0.1) is 22.7 Å². The summed E-state index contributed by atoms with van der Waals surface area (Å²) in [5, 5.41) is 4.83. The summed E-state index contributed by atoms with van der Waals surface area (Å²) in [7, 11) is 0. The number of aromatic nitrogens is 1. The van der Waals surface area contributed by atoms with Gasteiger partial charge in [0.15, 0.2) is 5.13 Å². The molecule has 0 saturated carbocycles. The highest BCUT2D eigenvalue weighted by Gasteiger charge is 2.11. The van der Waals surface area contributed by atoms with Crippen LogP contribution in [0.3, 0.4) is 0 Å². The van der Waals surface area contributed by atoms with Crippen molar-refractivity contribution in [3.8, 4) is 0 Å². The molecular weight excluding hydrogens is 284 g/mol. The van der Waals surface area contributed by atoms with E-state index < -0.39 is 0 Å². The molecule has 0 aromatic carbocycles. The Balaban J connectivity index is 1.90. The lowest BCUT2D eigenvalue weighted by Crippen LogP contribution is -2.06. The van der Waals surface area contributed by atoms with Crippen molar-refractivity contribution in [1.29, 1.82) is 0 Å². The van der Waals surface area contributed by atoms with Gasteiger partial charge in [0.05, 0.1) is 5.69 Å². The van der Waals surface area contributed by atoms with Gasteiger partial charge >= 0.3 is 5.97 Å². The fourth-order valence-electron chi connectivity index (χ4n) is 1.34. The highest BCUT2D eigenvalue weighted by atomic mass is 32.1. The van der Waals surface area contributed by atoms with Gasteiger partial charge in [0, 0.05) is 17.2 Å². The molecule has 2 rings (SSSR count). The van der Waals surface area contributed by atoms with E-state index in [1.165, 1.54) is 29.6 Å². The molecule has 0 aliphatic heterocycles. The number of nitrogens with zero attached hydrogens (tertiary/aromatic N) is 1. The van der Waals surface area contributed by atoms with E-state index in [4.69, 9.17) is 4.74 Å². The Labute approximate surface area is 118 Å². The largest absolute Gasteiger partial charge is 0.455 e. The van der Waals surface area contributed by atoms with Crippen LogP contribution in [0.25, 0.3) is 0 Å². The van der Waals surface area contributed by atoms with Crippen LogP contribution in [-0.4, -0.2) is 16.9 Å². The number of thiophene rings is 1. The van der Waals surface area contributed by atoms with Crippen LogP contribution >= 0.6 is 22.7 Å². The van der Waals surface area contributed by atoms with Crippen molar-refractivity contribution in [3.63, 3.8) is 0 Å². The summed E-state index contributed by atoms with van der Waals surface area (Å²) >= 11 is 2.69. The van der Waals surface area contributed by atoms with E-state index in [0.717, 1.165) is 4.88 Å². The zero-order valence-electron chi connectivity index (χ0n) is 10.4. The number of rotatable bonds is 4. The highest BCUT2D eigenvalue weighted by molar-refractivity contribution is 7.14. The lowest BCUT2D eigenvalue weighted by molar-refractivity contribution is -0.114. The highest BCUT2D eigenvalue weighted by Crippen LogP contribution is 2.19. The van der Waals surface area contributed by atoms with Crippen molar-refractivity contribution in [2.24, 2.45) is 0 Å². The Bertz CT molecular complexity index is 604. The molecule has 1 amide bonds. The Morgan fingerprint density at radius 2 is 2.21 bits per heavy atom. The summed E-state index contributed by atoms with van der Waals surface area (Å²) < 4.78 is 5.15. The van der Waals surface area contributed by atoms with E-state index in [-0.39, 0.29) is 18.5 Å². The molecule has 0 radical (unpaired) electrons. The van der Waals surface area contributed by atoms with E-state index in [0.29, 0.717) is 15.7 Å². The number of amides is 1. The van der Waals surface area contributed by atoms with Gasteiger partial charge in [-0.3, -0.25) is 4.79 Å². The van der Waals surface area contributed by atoms with Crippen LogP contribution in [0, 0.1) is 6.92 Å². The number of hydrogen-bond acceptors (Lipinski definition) is 6. The van der Waals surface area contributed by atoms with Gasteiger partial charge in [0.1, 0.15) is 11.5 Å². The van der Waals surface area contributed by atoms with E-state index in [1.807, 2.05) is 13.0 Å². The molecule has 0 atom stereocenters. The molecule has 0 bridgehead atoms. The number of aryl methyl sites for hydroxylation is 1. The number of carbonyl (C=O) groups excluding carboxylic acids is 2. The van der Waals surface area contributed by atoms with Gasteiger partial charge in [0.25, 0.3) is 0 Å². The smallest absolute Gasteiger partial charge is 0.348 e. The number of ether oxygens (including phenoxy) is 1. The monoisotopic (exact) mass is 296 g/mol. The van der Waals surface area contributed by atoms with E-state index in [9.17, 15) is 9.59 Å². The minimum absolute atomic E-state index is 0.103. The van der Waals surface area contributed by atoms with Crippen LogP contribution in [0.5, 0.6) is 0 Å². The fraction of sp³-hybridized carbons (Fsp3) is 0.250.